The second-order valence-corrected chi connectivity index (χ2v) is 9.12. The fraction of sp³-hybridized carbons (Fsp3) is 0.316. The fourth-order valence-electron chi connectivity index (χ4n) is 3.34. The quantitative estimate of drug-likeness (QED) is 0.755. The van der Waals surface area contributed by atoms with E-state index in [2.05, 4.69) is 20.7 Å². The molecule has 27 heavy (non-hydrogen) atoms. The van der Waals surface area contributed by atoms with Gasteiger partial charge in [-0.15, -0.1) is 0 Å². The molecule has 1 amide bonds. The van der Waals surface area contributed by atoms with Crippen molar-refractivity contribution in [1.82, 2.24) is 4.72 Å². The van der Waals surface area contributed by atoms with E-state index >= 15 is 0 Å². The number of halogens is 1. The highest BCUT2D eigenvalue weighted by molar-refractivity contribution is 9.10. The maximum Gasteiger partial charge on any atom is 0.242 e. The summed E-state index contributed by atoms with van der Waals surface area (Å²) < 4.78 is 34.0. The van der Waals surface area contributed by atoms with E-state index in [1.165, 1.54) is 6.92 Å². The normalized spacial score (nSPS) is 16.3. The van der Waals surface area contributed by atoms with Crippen LogP contribution in [0, 0.1) is 0 Å². The molecule has 0 aromatic heterocycles. The maximum absolute atomic E-state index is 12.9. The predicted octanol–water partition coefficient (Wildman–Crippen LogP) is 3.23. The van der Waals surface area contributed by atoms with Crippen molar-refractivity contribution in [3.05, 3.63) is 52.0 Å². The van der Waals surface area contributed by atoms with Crippen molar-refractivity contribution in [2.45, 2.75) is 37.8 Å². The number of carbonyl (C=O) groups excluding carboxylic acids is 1. The lowest BCUT2D eigenvalue weighted by Crippen LogP contribution is -2.33. The molecule has 2 aromatic rings. The molecule has 144 valence electrons. The van der Waals surface area contributed by atoms with Gasteiger partial charge in [-0.2, -0.15) is 0 Å². The first-order valence-electron chi connectivity index (χ1n) is 8.47. The highest BCUT2D eigenvalue weighted by atomic mass is 79.9. The minimum atomic E-state index is -3.77. The number of benzene rings is 2. The van der Waals surface area contributed by atoms with Crippen LogP contribution >= 0.6 is 15.9 Å². The Balaban J connectivity index is 1.90. The van der Waals surface area contributed by atoms with Gasteiger partial charge in [0.2, 0.25) is 15.9 Å². The third-order valence-electron chi connectivity index (χ3n) is 4.58. The summed E-state index contributed by atoms with van der Waals surface area (Å²) >= 11 is 3.37. The van der Waals surface area contributed by atoms with Crippen LogP contribution in [0.4, 0.5) is 5.69 Å². The van der Waals surface area contributed by atoms with Gasteiger partial charge in [0, 0.05) is 29.7 Å². The molecule has 6 nitrogen and oxygen atoms in total. The summed E-state index contributed by atoms with van der Waals surface area (Å²) in [5, 5.41) is 0. The molecular formula is C19H21BrN2O4S. The van der Waals surface area contributed by atoms with Crippen molar-refractivity contribution in [2.75, 3.05) is 12.0 Å². The smallest absolute Gasteiger partial charge is 0.242 e. The zero-order chi connectivity index (χ0) is 19.8. The Kier molecular flexibility index (Phi) is 5.60. The highest BCUT2D eigenvalue weighted by Gasteiger charge is 2.31. The second-order valence-electron chi connectivity index (χ2n) is 6.53. The predicted molar refractivity (Wildman–Crippen MR) is 107 cm³/mol. The fourth-order valence-corrected chi connectivity index (χ4v) is 5.47. The molecule has 0 fully saturated rings. The van der Waals surface area contributed by atoms with Crippen LogP contribution in [-0.2, 0) is 27.8 Å². The first-order chi connectivity index (χ1) is 12.7. The summed E-state index contributed by atoms with van der Waals surface area (Å²) in [6, 6.07) is 10.6. The van der Waals surface area contributed by atoms with E-state index in [-0.39, 0.29) is 23.4 Å². The van der Waals surface area contributed by atoms with Crippen molar-refractivity contribution in [3.8, 4) is 5.75 Å². The van der Waals surface area contributed by atoms with Gasteiger partial charge in [-0.05, 0) is 64.7 Å². The van der Waals surface area contributed by atoms with E-state index in [9.17, 15) is 13.2 Å². The molecule has 8 heteroatoms. The van der Waals surface area contributed by atoms with Crippen LogP contribution in [-0.4, -0.2) is 27.5 Å². The van der Waals surface area contributed by atoms with Gasteiger partial charge in [-0.3, -0.25) is 4.79 Å². The van der Waals surface area contributed by atoms with Crippen molar-refractivity contribution < 1.29 is 17.9 Å². The topological polar surface area (TPSA) is 75.7 Å². The third-order valence-corrected chi connectivity index (χ3v) is 6.94. The average molecular weight is 453 g/mol. The molecule has 0 bridgehead atoms. The van der Waals surface area contributed by atoms with E-state index in [0.29, 0.717) is 22.3 Å². The van der Waals surface area contributed by atoms with Crippen LogP contribution in [0.2, 0.25) is 0 Å². The number of ether oxygens (including phenoxy) is 1. The summed E-state index contributed by atoms with van der Waals surface area (Å²) in [6.45, 7) is 3.57. The number of rotatable bonds is 5. The van der Waals surface area contributed by atoms with Crippen LogP contribution in [0.3, 0.4) is 0 Å². The Morgan fingerprint density at radius 2 is 2.07 bits per heavy atom. The molecule has 1 atom stereocenters. The lowest BCUT2D eigenvalue weighted by molar-refractivity contribution is -0.116. The van der Waals surface area contributed by atoms with E-state index in [1.807, 2.05) is 13.0 Å². The number of fused-ring (bicyclic) bond motifs is 1. The number of hydrogen-bond acceptors (Lipinski definition) is 4. The Bertz CT molecular complexity index is 991. The first-order valence-corrected chi connectivity index (χ1v) is 10.8. The Labute approximate surface area is 167 Å². The summed E-state index contributed by atoms with van der Waals surface area (Å²) in [6.07, 6.45) is 0.699. The number of amides is 1. The summed E-state index contributed by atoms with van der Waals surface area (Å²) in [5.74, 6) is 0.563. The highest BCUT2D eigenvalue weighted by Crippen LogP contribution is 2.38. The van der Waals surface area contributed by atoms with E-state index < -0.39 is 10.0 Å². The lowest BCUT2D eigenvalue weighted by atomic mass is 10.1. The molecule has 1 aliphatic heterocycles. The van der Waals surface area contributed by atoms with Gasteiger partial charge in [0.1, 0.15) is 5.75 Å². The Morgan fingerprint density at radius 1 is 1.33 bits per heavy atom. The molecule has 0 aliphatic carbocycles. The van der Waals surface area contributed by atoms with Gasteiger partial charge < -0.3 is 9.64 Å². The molecule has 3 rings (SSSR count). The van der Waals surface area contributed by atoms with Crippen molar-refractivity contribution >= 4 is 37.5 Å². The molecule has 1 N–H and O–H groups in total. The van der Waals surface area contributed by atoms with Crippen LogP contribution in [0.25, 0.3) is 0 Å². The summed E-state index contributed by atoms with van der Waals surface area (Å²) in [5.41, 5.74) is 2.39. The van der Waals surface area contributed by atoms with Crippen molar-refractivity contribution in [2.24, 2.45) is 0 Å². The molecule has 2 aromatic carbocycles. The van der Waals surface area contributed by atoms with Gasteiger partial charge in [-0.25, -0.2) is 13.1 Å². The minimum absolute atomic E-state index is 0.00657. The van der Waals surface area contributed by atoms with E-state index in [0.717, 1.165) is 11.1 Å². The number of hydrogen-bond donors (Lipinski definition) is 1. The van der Waals surface area contributed by atoms with Crippen LogP contribution in [0.15, 0.2) is 45.8 Å². The number of methoxy groups -OCH3 is 1. The van der Waals surface area contributed by atoms with Gasteiger partial charge in [0.15, 0.2) is 0 Å². The largest absolute Gasteiger partial charge is 0.497 e. The number of sulfonamides is 1. The number of nitrogens with zero attached hydrogens (tertiary/aromatic N) is 1. The SMILES string of the molecule is COc1cccc(CNS(=O)(=O)c2cc3c(cc2Br)CC(C)N3C(C)=O)c1. The standard InChI is InChI=1S/C19H21BrN2O4S/c1-12-7-15-9-17(20)19(10-18(15)22(12)13(2)23)27(24,25)21-11-14-5-4-6-16(8-14)26-3/h4-6,8-10,12,21H,7,11H2,1-3H3. The minimum Gasteiger partial charge on any atom is -0.497 e. The molecule has 0 saturated heterocycles. The van der Waals surface area contributed by atoms with Gasteiger partial charge >= 0.3 is 0 Å². The van der Waals surface area contributed by atoms with Gasteiger partial charge in [0.25, 0.3) is 0 Å². The number of anilines is 1. The van der Waals surface area contributed by atoms with Crippen molar-refractivity contribution in [1.29, 1.82) is 0 Å². The molecular weight excluding hydrogens is 432 g/mol. The zero-order valence-corrected chi connectivity index (χ0v) is 17.7. The number of nitrogens with one attached hydrogen (secondary N) is 1. The molecule has 1 unspecified atom stereocenters. The molecule has 0 radical (unpaired) electrons. The third kappa shape index (κ3) is 4.02. The summed E-state index contributed by atoms with van der Waals surface area (Å²) in [4.78, 5) is 13.7. The molecule has 0 spiro atoms. The monoisotopic (exact) mass is 452 g/mol. The summed E-state index contributed by atoms with van der Waals surface area (Å²) in [7, 11) is -2.21. The molecule has 1 heterocycles. The lowest BCUT2D eigenvalue weighted by Gasteiger charge is -2.21. The Hall–Kier alpha value is -1.90. The Morgan fingerprint density at radius 3 is 2.74 bits per heavy atom. The average Bonchev–Trinajstić information content (AvgIpc) is 2.94. The second kappa shape index (κ2) is 7.61. The van der Waals surface area contributed by atoms with Gasteiger partial charge in [0.05, 0.1) is 12.0 Å². The van der Waals surface area contributed by atoms with Crippen LogP contribution < -0.4 is 14.4 Å². The van der Waals surface area contributed by atoms with E-state index in [1.54, 1.807) is 42.3 Å². The van der Waals surface area contributed by atoms with Crippen LogP contribution in [0.5, 0.6) is 5.75 Å². The number of carbonyl (C=O) groups is 1. The maximum atomic E-state index is 12.9. The molecule has 1 aliphatic rings. The van der Waals surface area contributed by atoms with Crippen LogP contribution in [0.1, 0.15) is 25.0 Å². The zero-order valence-electron chi connectivity index (χ0n) is 15.3. The molecule has 0 saturated carbocycles. The van der Waals surface area contributed by atoms with E-state index in [4.69, 9.17) is 4.74 Å². The van der Waals surface area contributed by atoms with Crippen molar-refractivity contribution in [3.63, 3.8) is 0 Å². The van der Waals surface area contributed by atoms with Gasteiger partial charge in [-0.1, -0.05) is 12.1 Å². The first kappa shape index (κ1) is 19.9.